The van der Waals surface area contributed by atoms with Crippen molar-refractivity contribution < 1.29 is 59.9 Å². The molecule has 2 unspecified atom stereocenters. The Morgan fingerprint density at radius 2 is 1.83 bits per heavy atom. The van der Waals surface area contributed by atoms with Crippen LogP contribution in [0.3, 0.4) is 0 Å². The first-order valence-corrected chi connectivity index (χ1v) is 16.3. The van der Waals surface area contributed by atoms with Crippen molar-refractivity contribution in [2.24, 2.45) is 11.8 Å². The number of carbonyl (C=O) groups is 1. The molecular weight excluding hydrogens is 637 g/mol. The molecule has 254 valence electrons. The number of nitrogens with one attached hydrogen (secondary N) is 1. The van der Waals surface area contributed by atoms with Gasteiger partial charge < -0.3 is 38.8 Å². The van der Waals surface area contributed by atoms with Crippen LogP contribution in [0.5, 0.6) is 17.2 Å². The molecule has 2 aromatic carbocycles. The Morgan fingerprint density at radius 1 is 1.09 bits per heavy atom. The van der Waals surface area contributed by atoms with Crippen molar-refractivity contribution >= 4 is 16.1 Å². The Hall–Kier alpha value is -3.31. The van der Waals surface area contributed by atoms with Crippen LogP contribution in [-0.2, 0) is 30.7 Å². The van der Waals surface area contributed by atoms with Crippen molar-refractivity contribution in [2.75, 3.05) is 39.7 Å². The molecule has 0 bridgehead atoms. The van der Waals surface area contributed by atoms with E-state index in [-0.39, 0.29) is 54.6 Å². The number of benzene rings is 2. The van der Waals surface area contributed by atoms with Crippen molar-refractivity contribution in [1.82, 2.24) is 9.62 Å². The van der Waals surface area contributed by atoms with E-state index in [4.69, 9.17) is 28.4 Å². The number of aliphatic hydroxyl groups excluding tert-OH is 1. The van der Waals surface area contributed by atoms with E-state index in [0.717, 1.165) is 4.31 Å². The van der Waals surface area contributed by atoms with Crippen molar-refractivity contribution in [3.63, 3.8) is 0 Å². The van der Waals surface area contributed by atoms with Gasteiger partial charge in [0.05, 0.1) is 36.2 Å². The van der Waals surface area contributed by atoms with Gasteiger partial charge in [-0.2, -0.15) is 17.5 Å². The maximum atomic E-state index is 13.8. The number of carbonyl (C=O) groups excluding carboxylic acids is 1. The van der Waals surface area contributed by atoms with Gasteiger partial charge in [-0.05, 0) is 48.6 Å². The number of alkyl halides is 3. The number of fused-ring (bicyclic) bond motifs is 2. The summed E-state index contributed by atoms with van der Waals surface area (Å²) < 4.78 is 98.5. The predicted molar refractivity (Wildman–Crippen MR) is 155 cm³/mol. The second-order valence-electron chi connectivity index (χ2n) is 11.8. The molecule has 46 heavy (non-hydrogen) atoms. The summed E-state index contributed by atoms with van der Waals surface area (Å²) in [6, 6.07) is 8.86. The zero-order valence-electron chi connectivity index (χ0n) is 25.3. The van der Waals surface area contributed by atoms with E-state index in [0.29, 0.717) is 24.3 Å². The third-order valence-corrected chi connectivity index (χ3v) is 9.56. The van der Waals surface area contributed by atoms with E-state index in [1.54, 1.807) is 0 Å². The SMILES string of the molecule is CC(C)CN(C[C@@H](O)[C@H](Cc1ccc(OCC(F)(F)F)cc1)NC(=O)OC1CO[C@H]2OCCC12)S(=O)(=O)c1ccc2c(c1)OCO2. The summed E-state index contributed by atoms with van der Waals surface area (Å²) in [4.78, 5) is 13.0. The van der Waals surface area contributed by atoms with Crippen LogP contribution in [0.4, 0.5) is 18.0 Å². The molecule has 3 aliphatic heterocycles. The average Bonchev–Trinajstić information content (AvgIpc) is 3.74. The summed E-state index contributed by atoms with van der Waals surface area (Å²) in [5, 5.41) is 14.2. The number of rotatable bonds is 13. The average molecular weight is 675 g/mol. The van der Waals surface area contributed by atoms with Crippen LogP contribution < -0.4 is 19.5 Å². The number of sulfonamides is 1. The second-order valence-corrected chi connectivity index (χ2v) is 13.7. The predicted octanol–water partition coefficient (Wildman–Crippen LogP) is 3.46. The van der Waals surface area contributed by atoms with Crippen LogP contribution in [-0.4, -0.2) is 94.3 Å². The topological polar surface area (TPSA) is 142 Å². The highest BCUT2D eigenvalue weighted by Crippen LogP contribution is 2.35. The number of alkyl carbamates (subject to hydrolysis) is 1. The fraction of sp³-hybridized carbons (Fsp3) is 0.567. The number of amides is 1. The third kappa shape index (κ3) is 8.53. The molecule has 3 heterocycles. The number of nitrogens with zero attached hydrogens (tertiary/aromatic N) is 1. The monoisotopic (exact) mass is 674 g/mol. The normalized spacial score (nSPS) is 22.1. The van der Waals surface area contributed by atoms with Gasteiger partial charge in [0, 0.05) is 19.2 Å². The maximum Gasteiger partial charge on any atom is 0.422 e. The third-order valence-electron chi connectivity index (χ3n) is 7.73. The highest BCUT2D eigenvalue weighted by Gasteiger charge is 2.44. The molecule has 5 rings (SSSR count). The van der Waals surface area contributed by atoms with Crippen LogP contribution >= 0.6 is 0 Å². The van der Waals surface area contributed by atoms with Gasteiger partial charge >= 0.3 is 12.3 Å². The summed E-state index contributed by atoms with van der Waals surface area (Å²) in [5.41, 5.74) is 0.534. The van der Waals surface area contributed by atoms with Gasteiger partial charge in [0.2, 0.25) is 16.8 Å². The van der Waals surface area contributed by atoms with E-state index >= 15 is 0 Å². The van der Waals surface area contributed by atoms with Crippen LogP contribution in [0.15, 0.2) is 47.4 Å². The van der Waals surface area contributed by atoms with Gasteiger partial charge in [-0.1, -0.05) is 26.0 Å². The van der Waals surface area contributed by atoms with Gasteiger partial charge in [0.25, 0.3) is 0 Å². The number of hydrogen-bond acceptors (Lipinski definition) is 10. The van der Waals surface area contributed by atoms with E-state index in [1.165, 1.54) is 42.5 Å². The molecule has 1 amide bonds. The van der Waals surface area contributed by atoms with Crippen LogP contribution in [0.25, 0.3) is 0 Å². The molecule has 0 radical (unpaired) electrons. The smallest absolute Gasteiger partial charge is 0.422 e. The molecule has 12 nitrogen and oxygen atoms in total. The second kappa shape index (κ2) is 14.2. The van der Waals surface area contributed by atoms with E-state index < -0.39 is 60.0 Å². The summed E-state index contributed by atoms with van der Waals surface area (Å²) in [6.45, 7) is 2.45. The lowest BCUT2D eigenvalue weighted by Gasteiger charge is -2.31. The molecule has 5 atom stereocenters. The number of aliphatic hydroxyl groups is 1. The Labute approximate surface area is 264 Å². The zero-order valence-corrected chi connectivity index (χ0v) is 26.1. The molecule has 2 aromatic rings. The van der Waals surface area contributed by atoms with Crippen LogP contribution in [0.2, 0.25) is 0 Å². The molecule has 0 aromatic heterocycles. The Bertz CT molecular complexity index is 1460. The minimum Gasteiger partial charge on any atom is -0.484 e. The molecule has 0 saturated carbocycles. The summed E-state index contributed by atoms with van der Waals surface area (Å²) >= 11 is 0. The van der Waals surface area contributed by atoms with Crippen molar-refractivity contribution in [1.29, 1.82) is 0 Å². The van der Waals surface area contributed by atoms with Gasteiger partial charge in [0.15, 0.2) is 24.4 Å². The molecule has 16 heteroatoms. The molecular formula is C30H37F3N2O10S. The summed E-state index contributed by atoms with van der Waals surface area (Å²) in [7, 11) is -4.15. The first-order valence-electron chi connectivity index (χ1n) is 14.8. The van der Waals surface area contributed by atoms with Gasteiger partial charge in [-0.15, -0.1) is 0 Å². The van der Waals surface area contributed by atoms with Crippen molar-refractivity contribution in [2.45, 2.75) is 62.3 Å². The molecule has 0 spiro atoms. The lowest BCUT2D eigenvalue weighted by molar-refractivity contribution is -0.153. The fourth-order valence-corrected chi connectivity index (χ4v) is 7.13. The Kier molecular flexibility index (Phi) is 10.5. The molecule has 2 saturated heterocycles. The fourth-order valence-electron chi connectivity index (χ4n) is 5.49. The van der Waals surface area contributed by atoms with Crippen LogP contribution in [0.1, 0.15) is 25.8 Å². The van der Waals surface area contributed by atoms with E-state index in [1.807, 2.05) is 13.8 Å². The number of halogens is 3. The highest BCUT2D eigenvalue weighted by molar-refractivity contribution is 7.89. The summed E-state index contributed by atoms with van der Waals surface area (Å²) in [5.74, 6) is 0.419. The minimum atomic E-state index is -4.50. The molecule has 2 N–H and O–H groups in total. The maximum absolute atomic E-state index is 13.8. The molecule has 0 aliphatic carbocycles. The van der Waals surface area contributed by atoms with Crippen molar-refractivity contribution in [3.8, 4) is 17.2 Å². The van der Waals surface area contributed by atoms with Gasteiger partial charge in [-0.3, -0.25) is 0 Å². The number of ether oxygens (including phenoxy) is 6. The first-order chi connectivity index (χ1) is 21.8. The van der Waals surface area contributed by atoms with Gasteiger partial charge in [-0.25, -0.2) is 13.2 Å². The zero-order chi connectivity index (χ0) is 33.1. The highest BCUT2D eigenvalue weighted by atomic mass is 32.2. The largest absolute Gasteiger partial charge is 0.484 e. The van der Waals surface area contributed by atoms with Gasteiger partial charge in [0.1, 0.15) is 11.9 Å². The molecule has 3 aliphatic rings. The first kappa shape index (κ1) is 34.0. The molecule has 2 fully saturated rings. The Balaban J connectivity index is 1.33. The van der Waals surface area contributed by atoms with E-state index in [2.05, 4.69) is 5.32 Å². The Morgan fingerprint density at radius 3 is 2.54 bits per heavy atom. The standard InChI is InChI=1S/C30H37F3N2O10S/c1-18(2)13-35(46(38,39)21-7-8-25-26(12-21)44-17-43-25)14-24(36)23(11-19-3-5-20(6-4-19)42-16-30(31,32)33)34-29(37)45-27-15-41-28-22(27)9-10-40-28/h3-8,12,18,22-24,27-28,36H,9-11,13-17H2,1-2H3,(H,34,37)/t22?,23-,24+,27?,28+/m0/s1. The summed E-state index contributed by atoms with van der Waals surface area (Å²) in [6.07, 6.45) is -7.16. The quantitative estimate of drug-likeness (QED) is 0.325. The minimum absolute atomic E-state index is 0.00820. The van der Waals surface area contributed by atoms with Crippen molar-refractivity contribution in [3.05, 3.63) is 48.0 Å². The lowest BCUT2D eigenvalue weighted by atomic mass is 10.0. The van der Waals surface area contributed by atoms with Crippen LogP contribution in [0, 0.1) is 11.8 Å². The number of hydrogen-bond donors (Lipinski definition) is 2. The van der Waals surface area contributed by atoms with E-state index in [9.17, 15) is 31.5 Å². The lowest BCUT2D eigenvalue weighted by Crippen LogP contribution is -2.51.